The molecule has 0 spiro atoms. The van der Waals surface area contributed by atoms with Crippen LogP contribution >= 0.6 is 0 Å². The Morgan fingerprint density at radius 2 is 1.56 bits per heavy atom. The van der Waals surface area contributed by atoms with E-state index in [2.05, 4.69) is 31.2 Å². The van der Waals surface area contributed by atoms with Crippen molar-refractivity contribution >= 4 is 0 Å². The van der Waals surface area contributed by atoms with Gasteiger partial charge < -0.3 is 0 Å². The number of hydrogen-bond acceptors (Lipinski definition) is 0. The Labute approximate surface area is 153 Å². The van der Waals surface area contributed by atoms with Gasteiger partial charge in [0.1, 0.15) is 5.82 Å². The molecule has 0 bridgehead atoms. The van der Waals surface area contributed by atoms with Crippen LogP contribution < -0.4 is 0 Å². The minimum absolute atomic E-state index is 0.130. The number of halogens is 1. The standard InChI is InChI=1S/C22H27F.C2H6/c1-16-3-6-18(7-4-16)8-9-19-10-12-20(13-11-19)21-14-5-17(2)15-22(21)23;1-2/h5,10-16,18H,3-4,6-9H2,1-2H3;1-2H3. The van der Waals surface area contributed by atoms with Crippen LogP contribution in [-0.4, -0.2) is 0 Å². The van der Waals surface area contributed by atoms with Gasteiger partial charge in [-0.2, -0.15) is 0 Å². The number of rotatable bonds is 4. The topological polar surface area (TPSA) is 0 Å². The van der Waals surface area contributed by atoms with Gasteiger partial charge in [-0.05, 0) is 54.4 Å². The Hall–Kier alpha value is -1.63. The van der Waals surface area contributed by atoms with Crippen molar-refractivity contribution in [3.8, 4) is 11.1 Å². The zero-order valence-electron chi connectivity index (χ0n) is 16.3. The lowest BCUT2D eigenvalue weighted by Crippen LogP contribution is -2.12. The summed E-state index contributed by atoms with van der Waals surface area (Å²) in [5.74, 6) is 1.70. The van der Waals surface area contributed by atoms with E-state index in [0.29, 0.717) is 5.56 Å². The van der Waals surface area contributed by atoms with Crippen molar-refractivity contribution in [1.82, 2.24) is 0 Å². The van der Waals surface area contributed by atoms with E-state index in [1.54, 1.807) is 6.07 Å². The second kappa shape index (κ2) is 9.75. The number of aryl methyl sites for hydroxylation is 2. The highest BCUT2D eigenvalue weighted by Crippen LogP contribution is 2.31. The molecule has 1 saturated carbocycles. The van der Waals surface area contributed by atoms with Crippen LogP contribution in [0.1, 0.15) is 64.0 Å². The summed E-state index contributed by atoms with van der Waals surface area (Å²) >= 11 is 0. The third-order valence-corrected chi connectivity index (χ3v) is 5.37. The second-order valence-corrected chi connectivity index (χ2v) is 7.34. The highest BCUT2D eigenvalue weighted by atomic mass is 19.1. The SMILES string of the molecule is CC.Cc1ccc(-c2ccc(CCC3CCC(C)CC3)cc2)c(F)c1. The van der Waals surface area contributed by atoms with Crippen molar-refractivity contribution in [2.45, 2.75) is 66.2 Å². The van der Waals surface area contributed by atoms with E-state index < -0.39 is 0 Å². The lowest BCUT2D eigenvalue weighted by molar-refractivity contribution is 0.278. The molecule has 0 heterocycles. The van der Waals surface area contributed by atoms with Crippen molar-refractivity contribution in [3.63, 3.8) is 0 Å². The molecule has 0 amide bonds. The molecule has 0 aromatic heterocycles. The largest absolute Gasteiger partial charge is 0.206 e. The fourth-order valence-electron chi connectivity index (χ4n) is 3.69. The van der Waals surface area contributed by atoms with Crippen molar-refractivity contribution in [2.24, 2.45) is 11.8 Å². The predicted octanol–water partition coefficient (Wildman–Crippen LogP) is 7.59. The highest BCUT2D eigenvalue weighted by Gasteiger charge is 2.17. The molecular formula is C24H33F. The van der Waals surface area contributed by atoms with Crippen molar-refractivity contribution < 1.29 is 4.39 Å². The van der Waals surface area contributed by atoms with Crippen LogP contribution in [0, 0.1) is 24.6 Å². The van der Waals surface area contributed by atoms with Gasteiger partial charge in [-0.25, -0.2) is 4.39 Å². The van der Waals surface area contributed by atoms with Crippen molar-refractivity contribution in [1.29, 1.82) is 0 Å². The summed E-state index contributed by atoms with van der Waals surface area (Å²) in [6, 6.07) is 13.9. The molecule has 1 aliphatic carbocycles. The number of benzene rings is 2. The maximum absolute atomic E-state index is 14.1. The van der Waals surface area contributed by atoms with Crippen LogP contribution in [0.4, 0.5) is 4.39 Å². The Kier molecular flexibility index (Phi) is 7.68. The third-order valence-electron chi connectivity index (χ3n) is 5.37. The third kappa shape index (κ3) is 5.70. The molecule has 1 heteroatoms. The lowest BCUT2D eigenvalue weighted by atomic mass is 9.80. The quantitative estimate of drug-likeness (QED) is 0.538. The second-order valence-electron chi connectivity index (χ2n) is 7.34. The summed E-state index contributed by atoms with van der Waals surface area (Å²) in [6.45, 7) is 8.29. The van der Waals surface area contributed by atoms with E-state index in [0.717, 1.165) is 29.4 Å². The molecule has 2 aromatic carbocycles. The van der Waals surface area contributed by atoms with Crippen LogP contribution in [0.25, 0.3) is 11.1 Å². The minimum Gasteiger partial charge on any atom is -0.206 e. The van der Waals surface area contributed by atoms with E-state index >= 15 is 0 Å². The maximum Gasteiger partial charge on any atom is 0.131 e. The van der Waals surface area contributed by atoms with E-state index in [4.69, 9.17) is 0 Å². The van der Waals surface area contributed by atoms with Crippen LogP contribution in [0.2, 0.25) is 0 Å². The van der Waals surface area contributed by atoms with Gasteiger partial charge in [-0.1, -0.05) is 82.9 Å². The normalized spacial score (nSPS) is 19.9. The molecule has 0 N–H and O–H groups in total. The highest BCUT2D eigenvalue weighted by molar-refractivity contribution is 5.64. The summed E-state index contributed by atoms with van der Waals surface area (Å²) in [5, 5.41) is 0. The minimum atomic E-state index is -0.130. The van der Waals surface area contributed by atoms with Gasteiger partial charge in [0, 0.05) is 5.56 Å². The molecule has 0 unspecified atom stereocenters. The molecule has 0 atom stereocenters. The van der Waals surface area contributed by atoms with E-state index in [-0.39, 0.29) is 5.82 Å². The van der Waals surface area contributed by atoms with Gasteiger partial charge in [0.25, 0.3) is 0 Å². The van der Waals surface area contributed by atoms with Crippen LogP contribution in [0.3, 0.4) is 0 Å². The van der Waals surface area contributed by atoms with Gasteiger partial charge in [0.15, 0.2) is 0 Å². The van der Waals surface area contributed by atoms with Crippen LogP contribution in [-0.2, 0) is 6.42 Å². The van der Waals surface area contributed by atoms with Gasteiger partial charge in [-0.3, -0.25) is 0 Å². The summed E-state index contributed by atoms with van der Waals surface area (Å²) in [4.78, 5) is 0. The molecule has 1 fully saturated rings. The Balaban J connectivity index is 0.00000109. The van der Waals surface area contributed by atoms with Gasteiger partial charge in [0.2, 0.25) is 0 Å². The summed E-state index contributed by atoms with van der Waals surface area (Å²) < 4.78 is 14.1. The zero-order chi connectivity index (χ0) is 18.2. The molecule has 136 valence electrons. The van der Waals surface area contributed by atoms with Gasteiger partial charge >= 0.3 is 0 Å². The first-order valence-corrected chi connectivity index (χ1v) is 9.97. The van der Waals surface area contributed by atoms with E-state index in [9.17, 15) is 4.39 Å². The first kappa shape index (κ1) is 19.7. The molecule has 0 radical (unpaired) electrons. The molecule has 2 aromatic rings. The van der Waals surface area contributed by atoms with E-state index in [1.165, 1.54) is 37.7 Å². The predicted molar refractivity (Wildman–Crippen MR) is 107 cm³/mol. The van der Waals surface area contributed by atoms with Crippen LogP contribution in [0.5, 0.6) is 0 Å². The average molecular weight is 341 g/mol. The Morgan fingerprint density at radius 1 is 0.920 bits per heavy atom. The summed E-state index contributed by atoms with van der Waals surface area (Å²) in [7, 11) is 0. The Bertz CT molecular complexity index is 634. The molecule has 0 nitrogen and oxygen atoms in total. The van der Waals surface area contributed by atoms with Gasteiger partial charge in [-0.15, -0.1) is 0 Å². The lowest BCUT2D eigenvalue weighted by Gasteiger charge is -2.26. The van der Waals surface area contributed by atoms with Crippen LogP contribution in [0.15, 0.2) is 42.5 Å². The first-order valence-electron chi connectivity index (χ1n) is 9.97. The maximum atomic E-state index is 14.1. The summed E-state index contributed by atoms with van der Waals surface area (Å²) in [5.41, 5.74) is 4.01. The number of hydrogen-bond donors (Lipinski definition) is 0. The average Bonchev–Trinajstić information content (AvgIpc) is 2.64. The smallest absolute Gasteiger partial charge is 0.131 e. The van der Waals surface area contributed by atoms with Crippen molar-refractivity contribution in [3.05, 3.63) is 59.4 Å². The fourth-order valence-corrected chi connectivity index (χ4v) is 3.69. The molecular weight excluding hydrogens is 307 g/mol. The molecule has 0 saturated heterocycles. The Morgan fingerprint density at radius 3 is 2.16 bits per heavy atom. The summed E-state index contributed by atoms with van der Waals surface area (Å²) in [6.07, 6.45) is 8.04. The van der Waals surface area contributed by atoms with Gasteiger partial charge in [0.05, 0.1) is 0 Å². The van der Waals surface area contributed by atoms with Crippen molar-refractivity contribution in [2.75, 3.05) is 0 Å². The molecule has 0 aliphatic heterocycles. The first-order chi connectivity index (χ1) is 12.1. The molecule has 1 aliphatic rings. The fraction of sp³-hybridized carbons (Fsp3) is 0.500. The molecule has 3 rings (SSSR count). The zero-order valence-corrected chi connectivity index (χ0v) is 16.3. The van der Waals surface area contributed by atoms with E-state index in [1.807, 2.05) is 32.9 Å². The monoisotopic (exact) mass is 340 g/mol. The molecule has 25 heavy (non-hydrogen) atoms.